The molecule has 1 aliphatic rings. The molecule has 0 unspecified atom stereocenters. The molecule has 7 heteroatoms. The molecule has 25 heavy (non-hydrogen) atoms. The molecule has 1 aliphatic heterocycles. The van der Waals surface area contributed by atoms with Gasteiger partial charge in [0.15, 0.2) is 0 Å². The van der Waals surface area contributed by atoms with E-state index in [9.17, 15) is 14.0 Å². The van der Waals surface area contributed by atoms with Crippen LogP contribution >= 0.6 is 0 Å². The van der Waals surface area contributed by atoms with Crippen LogP contribution in [-0.4, -0.2) is 43.6 Å². The third kappa shape index (κ3) is 3.71. The number of carbonyl (C=O) groups excluding carboxylic acids is 2. The van der Waals surface area contributed by atoms with Crippen LogP contribution in [0, 0.1) is 5.82 Å². The van der Waals surface area contributed by atoms with Crippen molar-refractivity contribution in [3.05, 3.63) is 54.3 Å². The number of benzene rings is 2. The van der Waals surface area contributed by atoms with E-state index in [-0.39, 0.29) is 24.2 Å². The Hall–Kier alpha value is -3.09. The summed E-state index contributed by atoms with van der Waals surface area (Å²) >= 11 is 0. The molecule has 1 N–H and O–H groups in total. The van der Waals surface area contributed by atoms with Crippen molar-refractivity contribution >= 4 is 23.3 Å². The first-order chi connectivity index (χ1) is 12.1. The molecule has 0 spiro atoms. The first-order valence-corrected chi connectivity index (χ1v) is 7.83. The Morgan fingerprint density at radius 2 is 2.00 bits per heavy atom. The summed E-state index contributed by atoms with van der Waals surface area (Å²) in [5.41, 5.74) is 0.810. The highest BCUT2D eigenvalue weighted by atomic mass is 19.1. The average molecular weight is 343 g/mol. The van der Waals surface area contributed by atoms with Crippen LogP contribution in [0.15, 0.2) is 48.5 Å². The van der Waals surface area contributed by atoms with Crippen molar-refractivity contribution in [1.29, 1.82) is 0 Å². The molecule has 2 aromatic rings. The van der Waals surface area contributed by atoms with Crippen molar-refractivity contribution in [2.45, 2.75) is 0 Å². The van der Waals surface area contributed by atoms with Gasteiger partial charge < -0.3 is 15.0 Å². The Labute approximate surface area is 144 Å². The van der Waals surface area contributed by atoms with Crippen LogP contribution in [0.3, 0.4) is 0 Å². The molecule has 0 saturated carbocycles. The standard InChI is InChI=1S/C18H18FN3O3/c1-25-14-6-4-5-13(11-14)20-17(23)12-21-9-10-22(18(21)24)16-8-3-2-7-15(16)19/h2-8,11H,9-10,12H2,1H3,(H,20,23). The van der Waals surface area contributed by atoms with E-state index in [0.29, 0.717) is 24.5 Å². The zero-order valence-electron chi connectivity index (χ0n) is 13.7. The number of anilines is 2. The minimum absolute atomic E-state index is 0.0962. The monoisotopic (exact) mass is 343 g/mol. The molecule has 130 valence electrons. The molecule has 1 saturated heterocycles. The Bertz CT molecular complexity index is 797. The molecule has 0 bridgehead atoms. The van der Waals surface area contributed by atoms with E-state index in [1.165, 1.54) is 15.9 Å². The maximum atomic E-state index is 13.9. The SMILES string of the molecule is COc1cccc(NC(=O)CN2CCN(c3ccccc3F)C2=O)c1. The van der Waals surface area contributed by atoms with Crippen LogP contribution in [0.4, 0.5) is 20.6 Å². The number of urea groups is 1. The van der Waals surface area contributed by atoms with Gasteiger partial charge in [0.05, 0.1) is 12.8 Å². The molecule has 3 amide bonds. The summed E-state index contributed by atoms with van der Waals surface area (Å²) in [5.74, 6) is -0.156. The third-order valence-electron chi connectivity index (χ3n) is 3.93. The number of carbonyl (C=O) groups is 2. The van der Waals surface area contributed by atoms with Crippen molar-refractivity contribution < 1.29 is 18.7 Å². The van der Waals surface area contributed by atoms with Gasteiger partial charge in [0.1, 0.15) is 18.1 Å². The van der Waals surface area contributed by atoms with Gasteiger partial charge in [0.25, 0.3) is 0 Å². The minimum atomic E-state index is -0.460. The van der Waals surface area contributed by atoms with Crippen molar-refractivity contribution in [2.24, 2.45) is 0 Å². The molecular weight excluding hydrogens is 325 g/mol. The Kier molecular flexibility index (Phi) is 4.83. The maximum Gasteiger partial charge on any atom is 0.325 e. The fraction of sp³-hybridized carbons (Fsp3) is 0.222. The average Bonchev–Trinajstić information content (AvgIpc) is 2.96. The quantitative estimate of drug-likeness (QED) is 0.908. The largest absolute Gasteiger partial charge is 0.497 e. The van der Waals surface area contributed by atoms with E-state index in [2.05, 4.69) is 5.32 Å². The number of para-hydroxylation sites is 1. The third-order valence-corrected chi connectivity index (χ3v) is 3.93. The lowest BCUT2D eigenvalue weighted by Crippen LogP contribution is -2.37. The topological polar surface area (TPSA) is 61.9 Å². The van der Waals surface area contributed by atoms with Crippen molar-refractivity contribution in [2.75, 3.05) is 37.0 Å². The molecule has 1 heterocycles. The summed E-state index contributed by atoms with van der Waals surface area (Å²) < 4.78 is 19.0. The predicted molar refractivity (Wildman–Crippen MR) is 92.3 cm³/mol. The van der Waals surface area contributed by atoms with E-state index in [0.717, 1.165) is 0 Å². The number of halogens is 1. The van der Waals surface area contributed by atoms with Crippen LogP contribution < -0.4 is 15.0 Å². The number of methoxy groups -OCH3 is 1. The molecule has 6 nitrogen and oxygen atoms in total. The van der Waals surface area contributed by atoms with Crippen LogP contribution in [0.25, 0.3) is 0 Å². The summed E-state index contributed by atoms with van der Waals surface area (Å²) in [4.78, 5) is 27.3. The van der Waals surface area contributed by atoms with Gasteiger partial charge in [0, 0.05) is 24.8 Å². The summed E-state index contributed by atoms with van der Waals surface area (Å²) in [6.07, 6.45) is 0. The van der Waals surface area contributed by atoms with E-state index < -0.39 is 5.82 Å². The van der Waals surface area contributed by atoms with Gasteiger partial charge >= 0.3 is 6.03 Å². The Morgan fingerprint density at radius 3 is 2.76 bits per heavy atom. The second kappa shape index (κ2) is 7.21. The zero-order valence-corrected chi connectivity index (χ0v) is 13.7. The van der Waals surface area contributed by atoms with Crippen LogP contribution in [0.5, 0.6) is 5.75 Å². The van der Waals surface area contributed by atoms with E-state index in [1.54, 1.807) is 49.6 Å². The fourth-order valence-corrected chi connectivity index (χ4v) is 2.70. The van der Waals surface area contributed by atoms with E-state index in [4.69, 9.17) is 4.74 Å². The van der Waals surface area contributed by atoms with Crippen molar-refractivity contribution in [1.82, 2.24) is 4.90 Å². The molecule has 0 atom stereocenters. The van der Waals surface area contributed by atoms with E-state index in [1.807, 2.05) is 0 Å². The fourth-order valence-electron chi connectivity index (χ4n) is 2.70. The van der Waals surface area contributed by atoms with Gasteiger partial charge in [-0.15, -0.1) is 0 Å². The highest BCUT2D eigenvalue weighted by Gasteiger charge is 2.32. The number of amides is 3. The highest BCUT2D eigenvalue weighted by molar-refractivity contribution is 5.99. The summed E-state index contributed by atoms with van der Waals surface area (Å²) in [6, 6.07) is 12.7. The first kappa shape index (κ1) is 16.8. The van der Waals surface area contributed by atoms with Crippen molar-refractivity contribution in [3.63, 3.8) is 0 Å². The van der Waals surface area contributed by atoms with Crippen molar-refractivity contribution in [3.8, 4) is 5.75 Å². The number of nitrogens with zero attached hydrogens (tertiary/aromatic N) is 2. The van der Waals surface area contributed by atoms with Crippen LogP contribution in [-0.2, 0) is 4.79 Å². The molecule has 2 aromatic carbocycles. The summed E-state index contributed by atoms with van der Waals surface area (Å²) in [7, 11) is 1.54. The predicted octanol–water partition coefficient (Wildman–Crippen LogP) is 2.72. The smallest absolute Gasteiger partial charge is 0.325 e. The number of ether oxygens (including phenoxy) is 1. The van der Waals surface area contributed by atoms with Gasteiger partial charge in [-0.2, -0.15) is 0 Å². The lowest BCUT2D eigenvalue weighted by Gasteiger charge is -2.19. The first-order valence-electron chi connectivity index (χ1n) is 7.83. The Balaban J connectivity index is 1.63. The summed E-state index contributed by atoms with van der Waals surface area (Å²) in [6.45, 7) is 0.603. The Morgan fingerprint density at radius 1 is 1.20 bits per heavy atom. The molecule has 0 aromatic heterocycles. The van der Waals surface area contributed by atoms with Gasteiger partial charge in [-0.1, -0.05) is 18.2 Å². The number of hydrogen-bond acceptors (Lipinski definition) is 3. The van der Waals surface area contributed by atoms with Gasteiger partial charge in [0.2, 0.25) is 5.91 Å². The second-order valence-corrected chi connectivity index (χ2v) is 5.59. The van der Waals surface area contributed by atoms with Gasteiger partial charge in [-0.25, -0.2) is 9.18 Å². The second-order valence-electron chi connectivity index (χ2n) is 5.59. The molecular formula is C18H18FN3O3. The van der Waals surface area contributed by atoms with E-state index >= 15 is 0 Å². The van der Waals surface area contributed by atoms with Crippen LogP contribution in [0.2, 0.25) is 0 Å². The molecule has 0 aliphatic carbocycles. The van der Waals surface area contributed by atoms with Gasteiger partial charge in [-0.05, 0) is 24.3 Å². The molecule has 3 rings (SSSR count). The minimum Gasteiger partial charge on any atom is -0.497 e. The number of nitrogens with one attached hydrogen (secondary N) is 1. The molecule has 0 radical (unpaired) electrons. The zero-order chi connectivity index (χ0) is 17.8. The lowest BCUT2D eigenvalue weighted by molar-refractivity contribution is -0.116. The maximum absolute atomic E-state index is 13.9. The normalized spacial score (nSPS) is 13.9. The van der Waals surface area contributed by atoms with Crippen LogP contribution in [0.1, 0.15) is 0 Å². The van der Waals surface area contributed by atoms with Gasteiger partial charge in [-0.3, -0.25) is 9.69 Å². The number of hydrogen-bond donors (Lipinski definition) is 1. The summed E-state index contributed by atoms with van der Waals surface area (Å²) in [5, 5.41) is 2.72. The highest BCUT2D eigenvalue weighted by Crippen LogP contribution is 2.23. The molecule has 1 fully saturated rings. The lowest BCUT2D eigenvalue weighted by atomic mass is 10.3. The number of rotatable bonds is 5.